The number of aliphatic hydroxyl groups is 1. The van der Waals surface area contributed by atoms with Gasteiger partial charge in [-0.05, 0) is 71.8 Å². The van der Waals surface area contributed by atoms with E-state index in [0.29, 0.717) is 25.1 Å². The molecule has 2 bridgehead atoms. The molecule has 200 valence electrons. The highest BCUT2D eigenvalue weighted by Crippen LogP contribution is 2.42. The van der Waals surface area contributed by atoms with Crippen molar-refractivity contribution in [2.75, 3.05) is 5.32 Å². The smallest absolute Gasteiger partial charge is 0.280 e. The average Bonchev–Trinajstić information content (AvgIpc) is 3.61. The molecule has 2 amide bonds. The molecule has 2 aromatic heterocycles. The van der Waals surface area contributed by atoms with Crippen LogP contribution in [0.2, 0.25) is 0 Å². The van der Waals surface area contributed by atoms with E-state index in [1.807, 2.05) is 25.7 Å². The predicted molar refractivity (Wildman–Crippen MR) is 137 cm³/mol. The molecular formula is C26H33F2N5O3S. The molecule has 5 rings (SSSR count). The quantitative estimate of drug-likeness (QED) is 0.494. The summed E-state index contributed by atoms with van der Waals surface area (Å²) < 4.78 is 28.6. The Morgan fingerprint density at radius 1 is 1.14 bits per heavy atom. The lowest BCUT2D eigenvalue weighted by Gasteiger charge is -2.23. The normalized spacial score (nSPS) is 25.2. The van der Waals surface area contributed by atoms with Gasteiger partial charge in [0.25, 0.3) is 18.2 Å². The van der Waals surface area contributed by atoms with Crippen molar-refractivity contribution in [1.82, 2.24) is 20.2 Å². The first-order chi connectivity index (χ1) is 17.5. The number of halogens is 2. The average molecular weight is 534 g/mol. The van der Waals surface area contributed by atoms with Gasteiger partial charge in [-0.25, -0.2) is 18.7 Å². The molecule has 3 N–H and O–H groups in total. The van der Waals surface area contributed by atoms with Crippen LogP contribution in [0.25, 0.3) is 10.4 Å². The summed E-state index contributed by atoms with van der Waals surface area (Å²) in [6, 6.07) is 1.36. The van der Waals surface area contributed by atoms with Gasteiger partial charge in [0.05, 0.1) is 11.0 Å². The number of pyridine rings is 1. The zero-order chi connectivity index (χ0) is 26.5. The molecule has 37 heavy (non-hydrogen) atoms. The van der Waals surface area contributed by atoms with E-state index in [9.17, 15) is 23.5 Å². The molecule has 1 saturated carbocycles. The maximum atomic E-state index is 14.3. The Balaban J connectivity index is 1.54. The van der Waals surface area contributed by atoms with Crippen LogP contribution in [0.3, 0.4) is 0 Å². The Morgan fingerprint density at radius 3 is 2.38 bits per heavy atom. The molecule has 2 aliphatic heterocycles. The van der Waals surface area contributed by atoms with Crippen LogP contribution in [0.5, 0.6) is 0 Å². The van der Waals surface area contributed by atoms with Crippen molar-refractivity contribution in [3.8, 4) is 10.4 Å². The molecule has 0 unspecified atom stereocenters. The second-order valence-electron chi connectivity index (χ2n) is 11.3. The molecule has 4 heterocycles. The minimum Gasteiger partial charge on any atom is -0.393 e. The van der Waals surface area contributed by atoms with Crippen LogP contribution in [0, 0.1) is 0 Å². The van der Waals surface area contributed by atoms with Gasteiger partial charge >= 0.3 is 0 Å². The number of rotatable bonds is 6. The Bertz CT molecular complexity index is 1180. The number of aromatic nitrogens is 2. The zero-order valence-electron chi connectivity index (χ0n) is 21.3. The highest BCUT2D eigenvalue weighted by atomic mass is 32.1. The number of carbonyl (C=O) groups is 2. The maximum absolute atomic E-state index is 14.3. The Kier molecular flexibility index (Phi) is 6.95. The lowest BCUT2D eigenvalue weighted by molar-refractivity contribution is 0.0725. The van der Waals surface area contributed by atoms with Crippen LogP contribution >= 0.6 is 11.3 Å². The summed E-state index contributed by atoms with van der Waals surface area (Å²) in [7, 11) is 0. The first-order valence-corrected chi connectivity index (χ1v) is 13.7. The van der Waals surface area contributed by atoms with Gasteiger partial charge in [-0.3, -0.25) is 9.59 Å². The number of amides is 2. The molecular weight excluding hydrogens is 500 g/mol. The molecule has 2 saturated heterocycles. The summed E-state index contributed by atoms with van der Waals surface area (Å²) in [4.78, 5) is 37.7. The van der Waals surface area contributed by atoms with Crippen molar-refractivity contribution >= 4 is 29.0 Å². The summed E-state index contributed by atoms with van der Waals surface area (Å²) in [5.74, 6) is -0.477. The van der Waals surface area contributed by atoms with E-state index in [-0.39, 0.29) is 56.3 Å². The largest absolute Gasteiger partial charge is 0.393 e. The number of hydrogen-bond acceptors (Lipinski definition) is 7. The van der Waals surface area contributed by atoms with Crippen molar-refractivity contribution in [2.45, 2.75) is 102 Å². The number of hydrogen-bond donors (Lipinski definition) is 3. The highest BCUT2D eigenvalue weighted by Gasteiger charge is 2.44. The molecule has 11 heteroatoms. The number of anilines is 1. The summed E-state index contributed by atoms with van der Waals surface area (Å²) in [5, 5.41) is 15.8. The molecule has 0 aromatic carbocycles. The minimum atomic E-state index is -2.82. The van der Waals surface area contributed by atoms with E-state index in [4.69, 9.17) is 0 Å². The number of fused-ring (bicyclic) bond motifs is 2. The Labute approximate surface area is 218 Å². The van der Waals surface area contributed by atoms with Gasteiger partial charge < -0.3 is 20.6 Å². The van der Waals surface area contributed by atoms with Gasteiger partial charge in [0.15, 0.2) is 5.01 Å². The van der Waals surface area contributed by atoms with Gasteiger partial charge in [-0.15, -0.1) is 11.3 Å². The lowest BCUT2D eigenvalue weighted by atomic mass is 10.0. The first kappa shape index (κ1) is 26.0. The molecule has 8 nitrogen and oxygen atoms in total. The van der Waals surface area contributed by atoms with Crippen LogP contribution in [0.1, 0.15) is 98.0 Å². The number of alkyl halides is 2. The van der Waals surface area contributed by atoms with Crippen molar-refractivity contribution < 1.29 is 23.5 Å². The second kappa shape index (κ2) is 9.90. The number of nitrogens with one attached hydrogen (secondary N) is 2. The van der Waals surface area contributed by atoms with Gasteiger partial charge in [-0.2, -0.15) is 0 Å². The van der Waals surface area contributed by atoms with E-state index in [1.165, 1.54) is 12.3 Å². The maximum Gasteiger partial charge on any atom is 0.280 e. The van der Waals surface area contributed by atoms with E-state index in [2.05, 4.69) is 20.6 Å². The number of thiazole rings is 1. The van der Waals surface area contributed by atoms with Crippen molar-refractivity contribution in [3.63, 3.8) is 0 Å². The SMILES string of the molecule is CC(C)(C)Nc1cc(C(F)F)c(-c2sc(C(=O)N[C@@H]3CC[C@@H](O)C3)nc2C(=O)N2[C@H]3CC[C@H]2CC3)cn1. The highest BCUT2D eigenvalue weighted by molar-refractivity contribution is 7.17. The third kappa shape index (κ3) is 5.34. The summed E-state index contributed by atoms with van der Waals surface area (Å²) in [6.45, 7) is 5.72. The van der Waals surface area contributed by atoms with Gasteiger partial charge in [-0.1, -0.05) is 0 Å². The van der Waals surface area contributed by atoms with Crippen LogP contribution in [0.15, 0.2) is 12.3 Å². The monoisotopic (exact) mass is 533 g/mol. The number of nitrogens with zero attached hydrogens (tertiary/aromatic N) is 3. The second-order valence-corrected chi connectivity index (χ2v) is 12.3. The van der Waals surface area contributed by atoms with Gasteiger partial charge in [0.2, 0.25) is 0 Å². The van der Waals surface area contributed by atoms with Gasteiger partial charge in [0.1, 0.15) is 11.5 Å². The molecule has 2 aromatic rings. The zero-order valence-corrected chi connectivity index (χ0v) is 22.1. The predicted octanol–water partition coefficient (Wildman–Crippen LogP) is 4.76. The molecule has 3 fully saturated rings. The van der Waals surface area contributed by atoms with Crippen molar-refractivity contribution in [1.29, 1.82) is 0 Å². The summed E-state index contributed by atoms with van der Waals surface area (Å²) >= 11 is 0.939. The van der Waals surface area contributed by atoms with Crippen molar-refractivity contribution in [2.24, 2.45) is 0 Å². The molecule has 2 atom stereocenters. The van der Waals surface area contributed by atoms with Crippen LogP contribution in [0.4, 0.5) is 14.6 Å². The Hall–Kier alpha value is -2.66. The topological polar surface area (TPSA) is 107 Å². The van der Waals surface area contributed by atoms with Gasteiger partial charge in [0, 0.05) is 41.0 Å². The van der Waals surface area contributed by atoms with Crippen LogP contribution in [-0.4, -0.2) is 61.6 Å². The fourth-order valence-corrected chi connectivity index (χ4v) is 6.73. The van der Waals surface area contributed by atoms with Crippen molar-refractivity contribution in [3.05, 3.63) is 28.5 Å². The molecule has 0 spiro atoms. The van der Waals surface area contributed by atoms with E-state index < -0.39 is 18.4 Å². The molecule has 1 aliphatic carbocycles. The lowest BCUT2D eigenvalue weighted by Crippen LogP contribution is -2.36. The van der Waals surface area contributed by atoms with E-state index in [0.717, 1.165) is 37.0 Å². The fraction of sp³-hybridized carbons (Fsp3) is 0.615. The number of aliphatic hydroxyl groups excluding tert-OH is 1. The fourth-order valence-electron chi connectivity index (χ4n) is 5.74. The molecule has 0 radical (unpaired) electrons. The molecule has 3 aliphatic rings. The first-order valence-electron chi connectivity index (χ1n) is 12.9. The van der Waals surface area contributed by atoms with Crippen LogP contribution in [-0.2, 0) is 0 Å². The van der Waals surface area contributed by atoms with E-state index in [1.54, 1.807) is 0 Å². The van der Waals surface area contributed by atoms with Crippen LogP contribution < -0.4 is 10.6 Å². The third-order valence-electron chi connectivity index (χ3n) is 7.37. The third-order valence-corrected chi connectivity index (χ3v) is 8.46. The minimum absolute atomic E-state index is 0.0284. The number of carbonyl (C=O) groups excluding carboxylic acids is 2. The summed E-state index contributed by atoms with van der Waals surface area (Å²) in [5.41, 5.74) is -0.513. The standard InChI is InChI=1S/C26H33F2N5O3S/c1-26(2,3)32-19-11-17(22(27)28)18(12-29-19)21-20(25(36)33-14-5-6-15(33)8-7-14)31-24(37-21)23(35)30-13-4-9-16(34)10-13/h11-16,22,34H,4-10H2,1-3H3,(H,29,32)(H,30,35)/t13-,14-,15-,16-/m1/s1. The Morgan fingerprint density at radius 2 is 1.81 bits per heavy atom. The van der Waals surface area contributed by atoms with E-state index >= 15 is 0 Å². The summed E-state index contributed by atoms with van der Waals surface area (Å²) in [6.07, 6.45) is 3.46.